The molecule has 6 heteroatoms. The van der Waals surface area contributed by atoms with Gasteiger partial charge in [-0.3, -0.25) is 9.59 Å². The summed E-state index contributed by atoms with van der Waals surface area (Å²) in [6, 6.07) is 5.93. The third-order valence-electron chi connectivity index (χ3n) is 3.74. The Morgan fingerprint density at radius 1 is 1.19 bits per heavy atom. The normalized spacial score (nSPS) is 17.8. The van der Waals surface area contributed by atoms with E-state index in [2.05, 4.69) is 5.32 Å². The number of carbonyl (C=O) groups is 3. The van der Waals surface area contributed by atoms with Crippen molar-refractivity contribution in [2.75, 3.05) is 4.90 Å². The Balaban J connectivity index is 2.35. The van der Waals surface area contributed by atoms with E-state index in [1.807, 2.05) is 0 Å². The smallest absolute Gasteiger partial charge is 0.329 e. The first-order valence-electron chi connectivity index (χ1n) is 6.58. The van der Waals surface area contributed by atoms with Crippen molar-refractivity contribution in [1.29, 1.82) is 0 Å². The van der Waals surface area contributed by atoms with Crippen molar-refractivity contribution in [3.63, 3.8) is 0 Å². The van der Waals surface area contributed by atoms with E-state index in [9.17, 15) is 19.5 Å². The molecule has 112 valence electrons. The van der Waals surface area contributed by atoms with E-state index in [0.29, 0.717) is 11.3 Å². The molecule has 0 unspecified atom stereocenters. The molecule has 0 bridgehead atoms. The molecule has 1 aromatic carbocycles. The summed E-state index contributed by atoms with van der Waals surface area (Å²) in [6.07, 6.45) is 0. The number of aliphatic carboxylic acids is 1. The lowest BCUT2D eigenvalue weighted by atomic mass is 9.85. The zero-order chi connectivity index (χ0) is 16.0. The molecular formula is C15H18N2O4. The van der Waals surface area contributed by atoms with E-state index >= 15 is 0 Å². The molecule has 1 fully saturated rings. The molecule has 0 aliphatic carbocycles. The Hall–Kier alpha value is -2.37. The van der Waals surface area contributed by atoms with Gasteiger partial charge in [-0.15, -0.1) is 0 Å². The molecule has 0 saturated carbocycles. The van der Waals surface area contributed by atoms with Gasteiger partial charge in [0.1, 0.15) is 5.54 Å². The maximum absolute atomic E-state index is 12.2. The fraction of sp³-hybridized carbons (Fsp3) is 0.400. The maximum Gasteiger partial charge on any atom is 0.329 e. The molecule has 0 spiro atoms. The molecule has 1 aliphatic heterocycles. The van der Waals surface area contributed by atoms with Crippen molar-refractivity contribution in [3.05, 3.63) is 29.8 Å². The van der Waals surface area contributed by atoms with Gasteiger partial charge in [0.2, 0.25) is 0 Å². The topological polar surface area (TPSA) is 86.7 Å². The van der Waals surface area contributed by atoms with E-state index in [1.165, 1.54) is 0 Å². The van der Waals surface area contributed by atoms with Crippen LogP contribution in [0.2, 0.25) is 0 Å². The second-order valence-electron chi connectivity index (χ2n) is 6.17. The number of hydrogen-bond acceptors (Lipinski definition) is 3. The minimum absolute atomic E-state index is 0.335. The van der Waals surface area contributed by atoms with Crippen LogP contribution >= 0.6 is 0 Å². The Morgan fingerprint density at radius 3 is 2.10 bits per heavy atom. The first-order valence-corrected chi connectivity index (χ1v) is 6.58. The Morgan fingerprint density at radius 2 is 1.71 bits per heavy atom. The van der Waals surface area contributed by atoms with Gasteiger partial charge >= 0.3 is 12.0 Å². The molecule has 1 aliphatic rings. The van der Waals surface area contributed by atoms with Crippen LogP contribution in [0.1, 0.15) is 33.3 Å². The number of nitrogens with zero attached hydrogens (tertiary/aromatic N) is 1. The van der Waals surface area contributed by atoms with Crippen LogP contribution in [0.3, 0.4) is 0 Å². The van der Waals surface area contributed by atoms with Crippen LogP contribution in [0.15, 0.2) is 24.3 Å². The van der Waals surface area contributed by atoms with E-state index in [4.69, 9.17) is 0 Å². The van der Waals surface area contributed by atoms with Gasteiger partial charge in [-0.25, -0.2) is 9.69 Å². The van der Waals surface area contributed by atoms with Gasteiger partial charge in [0.05, 0.1) is 11.1 Å². The molecule has 2 N–H and O–H groups in total. The minimum atomic E-state index is -1.03. The molecule has 0 aromatic heterocycles. The second-order valence-corrected chi connectivity index (χ2v) is 6.17. The van der Waals surface area contributed by atoms with Crippen molar-refractivity contribution >= 4 is 23.6 Å². The summed E-state index contributed by atoms with van der Waals surface area (Å²) in [7, 11) is 0. The Kier molecular flexibility index (Phi) is 3.28. The molecule has 1 saturated heterocycles. The summed E-state index contributed by atoms with van der Waals surface area (Å²) < 4.78 is 0. The molecule has 21 heavy (non-hydrogen) atoms. The highest BCUT2D eigenvalue weighted by Gasteiger charge is 2.45. The molecule has 0 radical (unpaired) electrons. The quantitative estimate of drug-likeness (QED) is 0.832. The number of rotatable bonds is 3. The average Bonchev–Trinajstić information content (AvgIpc) is 2.58. The number of imide groups is 1. The number of urea groups is 1. The third kappa shape index (κ3) is 2.37. The van der Waals surface area contributed by atoms with Crippen LogP contribution in [0.5, 0.6) is 0 Å². The van der Waals surface area contributed by atoms with E-state index in [1.54, 1.807) is 52.0 Å². The molecule has 0 atom stereocenters. The highest BCUT2D eigenvalue weighted by Crippen LogP contribution is 2.28. The van der Waals surface area contributed by atoms with E-state index < -0.39 is 23.0 Å². The predicted molar refractivity (Wildman–Crippen MR) is 77.2 cm³/mol. The minimum Gasteiger partial charge on any atom is -0.481 e. The van der Waals surface area contributed by atoms with E-state index in [-0.39, 0.29) is 5.91 Å². The van der Waals surface area contributed by atoms with Gasteiger partial charge < -0.3 is 10.4 Å². The number of benzene rings is 1. The molecular weight excluding hydrogens is 272 g/mol. The lowest BCUT2D eigenvalue weighted by Gasteiger charge is -2.21. The van der Waals surface area contributed by atoms with Crippen LogP contribution in [0.4, 0.5) is 10.5 Å². The van der Waals surface area contributed by atoms with Crippen molar-refractivity contribution in [2.24, 2.45) is 0 Å². The highest BCUT2D eigenvalue weighted by molar-refractivity contribution is 6.23. The van der Waals surface area contributed by atoms with Gasteiger partial charge in [-0.05, 0) is 45.4 Å². The van der Waals surface area contributed by atoms with Crippen LogP contribution < -0.4 is 10.2 Å². The predicted octanol–water partition coefficient (Wildman–Crippen LogP) is 1.88. The zero-order valence-electron chi connectivity index (χ0n) is 12.4. The lowest BCUT2D eigenvalue weighted by Crippen LogP contribution is -2.40. The number of carboxylic acid groups (broad SMARTS) is 1. The fourth-order valence-electron chi connectivity index (χ4n) is 2.13. The standard InChI is InChI=1S/C15H18N2O4/c1-14(2,12(19)20)9-5-7-10(8-6-9)17-11(18)15(3,4)16-13(17)21/h5-8H,1-4H3,(H,16,21)(H,19,20). The summed E-state index contributed by atoms with van der Waals surface area (Å²) in [5.41, 5.74) is -0.941. The van der Waals surface area contributed by atoms with Crippen LogP contribution in [0.25, 0.3) is 0 Å². The highest BCUT2D eigenvalue weighted by atomic mass is 16.4. The molecule has 6 nitrogen and oxygen atoms in total. The van der Waals surface area contributed by atoms with Crippen LogP contribution in [-0.4, -0.2) is 28.6 Å². The maximum atomic E-state index is 12.2. The molecule has 3 amide bonds. The van der Waals surface area contributed by atoms with Gasteiger partial charge in [-0.1, -0.05) is 12.1 Å². The summed E-state index contributed by atoms with van der Waals surface area (Å²) in [5.74, 6) is -1.27. The number of carboxylic acids is 1. The first kappa shape index (κ1) is 15.0. The van der Waals surface area contributed by atoms with E-state index in [0.717, 1.165) is 4.90 Å². The summed E-state index contributed by atoms with van der Waals surface area (Å²) in [4.78, 5) is 36.4. The summed E-state index contributed by atoms with van der Waals surface area (Å²) in [5, 5.41) is 11.8. The van der Waals surface area contributed by atoms with Crippen molar-refractivity contribution < 1.29 is 19.5 Å². The Labute approximate surface area is 122 Å². The lowest BCUT2D eigenvalue weighted by molar-refractivity contribution is -0.142. The number of carbonyl (C=O) groups excluding carboxylic acids is 2. The van der Waals surface area contributed by atoms with Crippen molar-refractivity contribution in [2.45, 2.75) is 38.6 Å². The average molecular weight is 290 g/mol. The van der Waals surface area contributed by atoms with Crippen LogP contribution in [0, 0.1) is 0 Å². The largest absolute Gasteiger partial charge is 0.481 e. The third-order valence-corrected chi connectivity index (χ3v) is 3.74. The van der Waals surface area contributed by atoms with Gasteiger partial charge in [0.15, 0.2) is 0 Å². The monoisotopic (exact) mass is 290 g/mol. The molecule has 2 rings (SSSR count). The number of amides is 3. The van der Waals surface area contributed by atoms with Gasteiger partial charge in [0, 0.05) is 0 Å². The SMILES string of the molecule is CC1(C)NC(=O)N(c2ccc(C(C)(C)C(=O)O)cc2)C1=O. The number of nitrogens with one attached hydrogen (secondary N) is 1. The van der Waals surface area contributed by atoms with Gasteiger partial charge in [0.25, 0.3) is 5.91 Å². The molecule has 1 aromatic rings. The van der Waals surface area contributed by atoms with Gasteiger partial charge in [-0.2, -0.15) is 0 Å². The molecule has 1 heterocycles. The number of hydrogen-bond donors (Lipinski definition) is 2. The first-order chi connectivity index (χ1) is 9.57. The fourth-order valence-corrected chi connectivity index (χ4v) is 2.13. The summed E-state index contributed by atoms with van der Waals surface area (Å²) in [6.45, 7) is 6.46. The van der Waals surface area contributed by atoms with Crippen molar-refractivity contribution in [1.82, 2.24) is 5.32 Å². The zero-order valence-corrected chi connectivity index (χ0v) is 12.4. The Bertz CT molecular complexity index is 617. The van der Waals surface area contributed by atoms with Crippen LogP contribution in [-0.2, 0) is 15.0 Å². The van der Waals surface area contributed by atoms with Crippen molar-refractivity contribution in [3.8, 4) is 0 Å². The summed E-state index contributed by atoms with van der Waals surface area (Å²) >= 11 is 0. The second kappa shape index (κ2) is 4.58. The number of anilines is 1.